The van der Waals surface area contributed by atoms with E-state index in [0.717, 1.165) is 7.11 Å². The number of carbonyl (C=O) groups is 2. The molecule has 1 heterocycles. The molecule has 0 aromatic rings. The van der Waals surface area contributed by atoms with E-state index in [-0.39, 0.29) is 6.42 Å². The number of hydrogen-bond donors (Lipinski definition) is 6. The maximum atomic E-state index is 11.5. The van der Waals surface area contributed by atoms with Crippen molar-refractivity contribution in [3.05, 3.63) is 0 Å². The van der Waals surface area contributed by atoms with E-state index in [9.17, 15) is 40.2 Å². The summed E-state index contributed by atoms with van der Waals surface area (Å²) in [4.78, 5) is 22.9. The van der Waals surface area contributed by atoms with Crippen molar-refractivity contribution in [1.82, 2.24) is 0 Å². The number of methoxy groups -OCH3 is 2. The third kappa shape index (κ3) is 4.22. The quantitative estimate of drug-likeness (QED) is 0.263. The third-order valence-corrected chi connectivity index (χ3v) is 4.89. The monoisotopic (exact) mass is 396 g/mol. The van der Waals surface area contributed by atoms with Gasteiger partial charge in [-0.3, -0.25) is 4.79 Å². The van der Waals surface area contributed by atoms with Crippen molar-refractivity contribution in [2.45, 2.75) is 61.5 Å². The molecule has 2 rings (SSSR count). The summed E-state index contributed by atoms with van der Waals surface area (Å²) < 4.78 is 20.2. The van der Waals surface area contributed by atoms with E-state index < -0.39 is 73.0 Å². The fraction of sp³-hybridized carbons (Fsp3) is 0.867. The first-order valence-corrected chi connectivity index (χ1v) is 8.18. The number of hydrogen-bond acceptors (Lipinski definition) is 10. The number of rotatable bonds is 6. The first-order chi connectivity index (χ1) is 12.6. The van der Waals surface area contributed by atoms with Crippen LogP contribution in [0.1, 0.15) is 6.42 Å². The normalized spacial score (nSPS) is 45.4. The van der Waals surface area contributed by atoms with Gasteiger partial charge in [0.05, 0.1) is 18.1 Å². The Morgan fingerprint density at radius 1 is 0.852 bits per heavy atom. The minimum atomic E-state index is -1.77. The lowest BCUT2D eigenvalue weighted by molar-refractivity contribution is -0.308. The van der Waals surface area contributed by atoms with Crippen LogP contribution in [0, 0.1) is 5.92 Å². The summed E-state index contributed by atoms with van der Waals surface area (Å²) in [6.45, 7) is 0. The fourth-order valence-electron chi connectivity index (χ4n) is 3.44. The van der Waals surface area contributed by atoms with E-state index in [2.05, 4.69) is 0 Å². The summed E-state index contributed by atoms with van der Waals surface area (Å²) in [5, 5.41) is 59.2. The van der Waals surface area contributed by atoms with E-state index in [1.54, 1.807) is 0 Å². The maximum Gasteiger partial charge on any atom is 0.335 e. The van der Waals surface area contributed by atoms with Gasteiger partial charge in [-0.25, -0.2) is 4.79 Å². The minimum absolute atomic E-state index is 0.328. The van der Waals surface area contributed by atoms with E-state index in [0.29, 0.717) is 0 Å². The first-order valence-electron chi connectivity index (χ1n) is 8.18. The van der Waals surface area contributed by atoms with Crippen LogP contribution in [-0.2, 0) is 28.5 Å². The average Bonchev–Trinajstić information content (AvgIpc) is 2.62. The second-order valence-corrected chi connectivity index (χ2v) is 6.48. The Labute approximate surface area is 153 Å². The van der Waals surface area contributed by atoms with Gasteiger partial charge in [-0.1, -0.05) is 0 Å². The van der Waals surface area contributed by atoms with E-state index in [1.165, 1.54) is 7.11 Å². The lowest BCUT2D eigenvalue weighted by Gasteiger charge is -2.45. The molecule has 1 aliphatic carbocycles. The SMILES string of the molecule is CO[C@@H]1OC(C(=O)O)[C@@H](O[C@@H]2CC(C(=O)O)[C@H](OC)[C@@H](O)C2O)[C@@H](O)C1O. The highest BCUT2D eigenvalue weighted by molar-refractivity contribution is 5.73. The van der Waals surface area contributed by atoms with Crippen molar-refractivity contribution >= 4 is 11.9 Å². The molecule has 6 N–H and O–H groups in total. The summed E-state index contributed by atoms with van der Waals surface area (Å²) >= 11 is 0. The molecule has 0 spiro atoms. The largest absolute Gasteiger partial charge is 0.481 e. The molecule has 156 valence electrons. The summed E-state index contributed by atoms with van der Waals surface area (Å²) in [5.41, 5.74) is 0. The van der Waals surface area contributed by atoms with Crippen LogP contribution in [0.25, 0.3) is 0 Å². The van der Waals surface area contributed by atoms with Crippen LogP contribution in [0.3, 0.4) is 0 Å². The van der Waals surface area contributed by atoms with Gasteiger partial charge in [0.25, 0.3) is 0 Å². The highest BCUT2D eigenvalue weighted by Gasteiger charge is 2.53. The van der Waals surface area contributed by atoms with Crippen LogP contribution in [0.4, 0.5) is 0 Å². The molecule has 27 heavy (non-hydrogen) atoms. The van der Waals surface area contributed by atoms with Crippen molar-refractivity contribution in [3.63, 3.8) is 0 Å². The first kappa shape index (κ1) is 21.9. The standard InChI is InChI=1S/C15H24O12/c1-24-10-4(13(20)21)3-5(6(16)7(10)17)26-11-8(18)9(19)15(25-2)27-12(11)14(22)23/h4-12,15-19H,3H2,1-2H3,(H,20,21)(H,22,23)/t4?,5-,6?,7+,8+,9?,10+,11+,12?,15-/m1/s1. The lowest BCUT2D eigenvalue weighted by Crippen LogP contribution is -2.64. The molecule has 1 saturated heterocycles. The molecule has 0 aromatic heterocycles. The Hall–Kier alpha value is -1.38. The minimum Gasteiger partial charge on any atom is -0.481 e. The van der Waals surface area contributed by atoms with Gasteiger partial charge in [-0.05, 0) is 6.42 Å². The van der Waals surface area contributed by atoms with Crippen LogP contribution >= 0.6 is 0 Å². The number of carboxylic acid groups (broad SMARTS) is 2. The van der Waals surface area contributed by atoms with Crippen LogP contribution < -0.4 is 0 Å². The van der Waals surface area contributed by atoms with Crippen molar-refractivity contribution in [3.8, 4) is 0 Å². The maximum absolute atomic E-state index is 11.5. The third-order valence-electron chi connectivity index (χ3n) is 4.89. The molecule has 0 radical (unpaired) electrons. The second kappa shape index (κ2) is 8.75. The molecule has 0 amide bonds. The number of ether oxygens (including phenoxy) is 4. The molecule has 1 aliphatic heterocycles. The fourth-order valence-corrected chi connectivity index (χ4v) is 3.44. The molecule has 4 unspecified atom stereocenters. The molecular formula is C15H24O12. The molecule has 0 bridgehead atoms. The highest BCUT2D eigenvalue weighted by Crippen LogP contribution is 2.33. The lowest BCUT2D eigenvalue weighted by atomic mass is 9.80. The number of aliphatic hydroxyl groups is 4. The Kier molecular flexibility index (Phi) is 7.10. The smallest absolute Gasteiger partial charge is 0.335 e. The molecule has 0 aromatic carbocycles. The summed E-state index contributed by atoms with van der Waals surface area (Å²) in [6, 6.07) is 0. The summed E-state index contributed by atoms with van der Waals surface area (Å²) in [6.07, 6.45) is -14.4. The molecule has 1 saturated carbocycles. The van der Waals surface area contributed by atoms with Gasteiger partial charge in [-0.15, -0.1) is 0 Å². The zero-order valence-corrected chi connectivity index (χ0v) is 14.6. The van der Waals surface area contributed by atoms with Gasteiger partial charge < -0.3 is 49.6 Å². The van der Waals surface area contributed by atoms with Gasteiger partial charge in [0.1, 0.15) is 30.5 Å². The molecule has 12 heteroatoms. The van der Waals surface area contributed by atoms with Crippen molar-refractivity contribution in [2.75, 3.05) is 14.2 Å². The van der Waals surface area contributed by atoms with E-state index >= 15 is 0 Å². The van der Waals surface area contributed by atoms with Gasteiger partial charge in [0.2, 0.25) is 0 Å². The van der Waals surface area contributed by atoms with Crippen molar-refractivity contribution in [2.24, 2.45) is 5.92 Å². The van der Waals surface area contributed by atoms with Gasteiger partial charge in [0, 0.05) is 14.2 Å². The Bertz CT molecular complexity index is 541. The Balaban J connectivity index is 2.24. The van der Waals surface area contributed by atoms with Crippen LogP contribution in [0.15, 0.2) is 0 Å². The molecule has 2 fully saturated rings. The number of aliphatic carboxylic acids is 2. The summed E-state index contributed by atoms with van der Waals surface area (Å²) in [5.74, 6) is -4.08. The zero-order valence-electron chi connectivity index (χ0n) is 14.6. The predicted molar refractivity (Wildman–Crippen MR) is 82.5 cm³/mol. The van der Waals surface area contributed by atoms with Gasteiger partial charge in [-0.2, -0.15) is 0 Å². The van der Waals surface area contributed by atoms with E-state index in [1.807, 2.05) is 0 Å². The number of aliphatic hydroxyl groups excluding tert-OH is 4. The van der Waals surface area contributed by atoms with E-state index in [4.69, 9.17) is 18.9 Å². The molecule has 12 nitrogen and oxygen atoms in total. The molecule has 2 aliphatic rings. The van der Waals surface area contributed by atoms with Gasteiger partial charge in [0.15, 0.2) is 12.4 Å². The van der Waals surface area contributed by atoms with Crippen LogP contribution in [0.5, 0.6) is 0 Å². The van der Waals surface area contributed by atoms with Crippen molar-refractivity contribution in [1.29, 1.82) is 0 Å². The molecule has 10 atom stereocenters. The van der Waals surface area contributed by atoms with Gasteiger partial charge >= 0.3 is 11.9 Å². The second-order valence-electron chi connectivity index (χ2n) is 6.48. The topological polar surface area (TPSA) is 192 Å². The average molecular weight is 396 g/mol. The summed E-state index contributed by atoms with van der Waals surface area (Å²) in [7, 11) is 2.32. The van der Waals surface area contributed by atoms with Crippen LogP contribution in [-0.4, -0.2) is 112 Å². The van der Waals surface area contributed by atoms with Crippen molar-refractivity contribution < 1.29 is 59.2 Å². The predicted octanol–water partition coefficient (Wildman–Crippen LogP) is -3.24. The molecular weight excluding hydrogens is 372 g/mol. The highest BCUT2D eigenvalue weighted by atomic mass is 16.7. The zero-order chi connectivity index (χ0) is 20.5. The van der Waals surface area contributed by atoms with Crippen LogP contribution in [0.2, 0.25) is 0 Å². The number of carboxylic acids is 2. The Morgan fingerprint density at radius 2 is 1.44 bits per heavy atom. The Morgan fingerprint density at radius 3 is 1.93 bits per heavy atom.